The van der Waals surface area contributed by atoms with Crippen LogP contribution in [0, 0.1) is 6.92 Å². The smallest absolute Gasteiger partial charge is 0.246 e. The summed E-state index contributed by atoms with van der Waals surface area (Å²) < 4.78 is 25.7. The third-order valence-corrected chi connectivity index (χ3v) is 5.94. The first-order valence-corrected chi connectivity index (χ1v) is 9.89. The van der Waals surface area contributed by atoms with Gasteiger partial charge in [0.1, 0.15) is 6.04 Å². The number of aliphatic hydroxyl groups excluding tert-OH is 1. The van der Waals surface area contributed by atoms with Crippen molar-refractivity contribution in [2.45, 2.75) is 31.4 Å². The summed E-state index contributed by atoms with van der Waals surface area (Å²) in [6, 6.07) is 11.2. The van der Waals surface area contributed by atoms with Crippen molar-refractivity contribution in [2.75, 3.05) is 24.7 Å². The van der Waals surface area contributed by atoms with E-state index >= 15 is 0 Å². The Morgan fingerprint density at radius 3 is 2.52 bits per heavy atom. The van der Waals surface area contributed by atoms with Gasteiger partial charge in [0, 0.05) is 25.5 Å². The molecular formula is C19H25N3O4S. The Hall–Kier alpha value is -2.42. The van der Waals surface area contributed by atoms with Crippen molar-refractivity contribution in [1.82, 2.24) is 4.31 Å². The highest BCUT2D eigenvalue weighted by molar-refractivity contribution is 7.89. The number of benzene rings is 2. The SMILES string of the molecule is Cc1ccc(S(=O)(=O)N(C)C)cc1NC(=O)[C@@H](C)Nc1cccc(CO)c1. The van der Waals surface area contributed by atoms with E-state index in [0.717, 1.165) is 15.4 Å². The molecule has 8 heteroatoms. The predicted octanol–water partition coefficient (Wildman–Crippen LogP) is 2.18. The Balaban J connectivity index is 2.17. The summed E-state index contributed by atoms with van der Waals surface area (Å²) in [5.41, 5.74) is 2.66. The minimum absolute atomic E-state index is 0.0809. The van der Waals surface area contributed by atoms with Gasteiger partial charge in [-0.25, -0.2) is 12.7 Å². The highest BCUT2D eigenvalue weighted by Gasteiger charge is 2.20. The van der Waals surface area contributed by atoms with Crippen LogP contribution in [0.2, 0.25) is 0 Å². The highest BCUT2D eigenvalue weighted by atomic mass is 32.2. The minimum atomic E-state index is -3.59. The van der Waals surface area contributed by atoms with Crippen LogP contribution < -0.4 is 10.6 Å². The number of aliphatic hydroxyl groups is 1. The molecule has 0 aliphatic rings. The van der Waals surface area contributed by atoms with Gasteiger partial charge in [-0.3, -0.25) is 4.79 Å². The lowest BCUT2D eigenvalue weighted by molar-refractivity contribution is -0.116. The Bertz CT molecular complexity index is 926. The molecule has 0 aromatic heterocycles. The van der Waals surface area contributed by atoms with Gasteiger partial charge in [0.05, 0.1) is 11.5 Å². The predicted molar refractivity (Wildman–Crippen MR) is 106 cm³/mol. The van der Waals surface area contributed by atoms with Crippen LogP contribution in [-0.4, -0.2) is 43.9 Å². The molecule has 0 saturated heterocycles. The van der Waals surface area contributed by atoms with Gasteiger partial charge >= 0.3 is 0 Å². The zero-order valence-electron chi connectivity index (χ0n) is 15.9. The zero-order valence-corrected chi connectivity index (χ0v) is 16.7. The first kappa shape index (κ1) is 20.9. The monoisotopic (exact) mass is 391 g/mol. The number of aryl methyl sites for hydroxylation is 1. The fraction of sp³-hybridized carbons (Fsp3) is 0.316. The van der Waals surface area contributed by atoms with E-state index in [-0.39, 0.29) is 17.4 Å². The van der Waals surface area contributed by atoms with Gasteiger partial charge in [-0.15, -0.1) is 0 Å². The van der Waals surface area contributed by atoms with Gasteiger partial charge in [0.25, 0.3) is 0 Å². The zero-order chi connectivity index (χ0) is 20.2. The normalized spacial score (nSPS) is 12.7. The van der Waals surface area contributed by atoms with E-state index in [4.69, 9.17) is 0 Å². The van der Waals surface area contributed by atoms with Gasteiger partial charge in [-0.2, -0.15) is 0 Å². The average Bonchev–Trinajstić information content (AvgIpc) is 2.63. The second-order valence-electron chi connectivity index (χ2n) is 6.48. The number of rotatable bonds is 7. The molecule has 2 aromatic rings. The Morgan fingerprint density at radius 1 is 1.19 bits per heavy atom. The van der Waals surface area contributed by atoms with Crippen molar-refractivity contribution in [2.24, 2.45) is 0 Å². The summed E-state index contributed by atoms with van der Waals surface area (Å²) >= 11 is 0. The summed E-state index contributed by atoms with van der Waals surface area (Å²) in [6.45, 7) is 3.42. The van der Waals surface area contributed by atoms with Gasteiger partial charge < -0.3 is 15.7 Å². The number of hydrogen-bond acceptors (Lipinski definition) is 5. The molecule has 7 nitrogen and oxygen atoms in total. The Kier molecular flexibility index (Phi) is 6.59. The molecule has 0 unspecified atom stereocenters. The van der Waals surface area contributed by atoms with Gasteiger partial charge in [0.15, 0.2) is 0 Å². The summed E-state index contributed by atoms with van der Waals surface area (Å²) in [5, 5.41) is 15.0. The molecule has 2 rings (SSSR count). The Labute approximate surface area is 160 Å². The van der Waals surface area contributed by atoms with Crippen LogP contribution in [0.3, 0.4) is 0 Å². The topological polar surface area (TPSA) is 98.7 Å². The molecule has 0 spiro atoms. The quantitative estimate of drug-likeness (QED) is 0.672. The maximum atomic E-state index is 12.5. The average molecular weight is 391 g/mol. The van der Waals surface area contributed by atoms with Crippen molar-refractivity contribution in [3.63, 3.8) is 0 Å². The summed E-state index contributed by atoms with van der Waals surface area (Å²) in [4.78, 5) is 12.7. The van der Waals surface area contributed by atoms with Gasteiger partial charge in [0.2, 0.25) is 15.9 Å². The van der Waals surface area contributed by atoms with E-state index in [2.05, 4.69) is 10.6 Å². The molecule has 27 heavy (non-hydrogen) atoms. The van der Waals surface area contributed by atoms with Crippen molar-refractivity contribution < 1.29 is 18.3 Å². The van der Waals surface area contributed by atoms with Crippen LogP contribution in [0.1, 0.15) is 18.1 Å². The molecule has 0 saturated carbocycles. The van der Waals surface area contributed by atoms with Crippen LogP contribution in [-0.2, 0) is 21.4 Å². The number of amides is 1. The maximum absolute atomic E-state index is 12.5. The summed E-state index contributed by atoms with van der Waals surface area (Å²) in [7, 11) is -0.669. The molecule has 3 N–H and O–H groups in total. The van der Waals surface area contributed by atoms with Crippen molar-refractivity contribution in [3.05, 3.63) is 53.6 Å². The maximum Gasteiger partial charge on any atom is 0.246 e. The lowest BCUT2D eigenvalue weighted by Gasteiger charge is -2.18. The third-order valence-electron chi connectivity index (χ3n) is 4.13. The Morgan fingerprint density at radius 2 is 1.89 bits per heavy atom. The van der Waals surface area contributed by atoms with Crippen LogP contribution in [0.15, 0.2) is 47.4 Å². The second kappa shape index (κ2) is 8.51. The molecule has 146 valence electrons. The van der Waals surface area contributed by atoms with Crippen molar-refractivity contribution in [3.8, 4) is 0 Å². The molecule has 2 aromatic carbocycles. The third kappa shape index (κ3) is 5.06. The van der Waals surface area contributed by atoms with Crippen LogP contribution in [0.25, 0.3) is 0 Å². The van der Waals surface area contributed by atoms with E-state index in [1.807, 2.05) is 0 Å². The molecule has 0 aliphatic heterocycles. The number of sulfonamides is 1. The van der Waals surface area contributed by atoms with Crippen LogP contribution >= 0.6 is 0 Å². The highest BCUT2D eigenvalue weighted by Crippen LogP contribution is 2.22. The van der Waals surface area contributed by atoms with Gasteiger partial charge in [-0.05, 0) is 49.2 Å². The van der Waals surface area contributed by atoms with E-state index in [9.17, 15) is 18.3 Å². The molecule has 0 radical (unpaired) electrons. The van der Waals surface area contributed by atoms with Crippen molar-refractivity contribution in [1.29, 1.82) is 0 Å². The summed E-state index contributed by atoms with van der Waals surface area (Å²) in [5.74, 6) is -0.299. The lowest BCUT2D eigenvalue weighted by Crippen LogP contribution is -2.32. The molecule has 0 heterocycles. The number of anilines is 2. The van der Waals surface area contributed by atoms with Crippen molar-refractivity contribution >= 4 is 27.3 Å². The van der Waals surface area contributed by atoms with Gasteiger partial charge in [-0.1, -0.05) is 18.2 Å². The van der Waals surface area contributed by atoms with E-state index in [0.29, 0.717) is 11.4 Å². The lowest BCUT2D eigenvalue weighted by atomic mass is 10.1. The number of hydrogen-bond donors (Lipinski definition) is 3. The van der Waals surface area contributed by atoms with E-state index in [1.165, 1.54) is 26.2 Å². The minimum Gasteiger partial charge on any atom is -0.392 e. The fourth-order valence-electron chi connectivity index (χ4n) is 2.42. The second-order valence-corrected chi connectivity index (χ2v) is 8.63. The molecule has 0 fully saturated rings. The summed E-state index contributed by atoms with van der Waals surface area (Å²) in [6.07, 6.45) is 0. The molecule has 1 atom stereocenters. The van der Waals surface area contributed by atoms with Crippen LogP contribution in [0.5, 0.6) is 0 Å². The number of carbonyl (C=O) groups excluding carboxylic acids is 1. The van der Waals surface area contributed by atoms with E-state index in [1.54, 1.807) is 44.2 Å². The first-order valence-electron chi connectivity index (χ1n) is 8.45. The number of nitrogens with zero attached hydrogens (tertiary/aromatic N) is 1. The molecule has 0 aliphatic carbocycles. The first-order chi connectivity index (χ1) is 12.6. The fourth-order valence-corrected chi connectivity index (χ4v) is 3.35. The number of nitrogens with one attached hydrogen (secondary N) is 2. The molecule has 1 amide bonds. The largest absolute Gasteiger partial charge is 0.392 e. The number of carbonyl (C=O) groups is 1. The standard InChI is InChI=1S/C19H25N3O4S/c1-13-8-9-17(27(25,26)22(3)4)11-18(13)21-19(24)14(2)20-16-7-5-6-15(10-16)12-23/h5-11,14,20,23H,12H2,1-4H3,(H,21,24)/t14-/m1/s1. The molecule has 0 bridgehead atoms. The van der Waals surface area contributed by atoms with E-state index < -0.39 is 16.1 Å². The molecular weight excluding hydrogens is 366 g/mol. The van der Waals surface area contributed by atoms with Crippen LogP contribution in [0.4, 0.5) is 11.4 Å².